The minimum absolute atomic E-state index is 0.0128. The van der Waals surface area contributed by atoms with E-state index in [0.29, 0.717) is 5.92 Å². The van der Waals surface area contributed by atoms with Gasteiger partial charge in [-0.25, -0.2) is 0 Å². The van der Waals surface area contributed by atoms with E-state index in [1.165, 1.54) is 0 Å². The van der Waals surface area contributed by atoms with Crippen molar-refractivity contribution in [1.82, 2.24) is 10.2 Å². The van der Waals surface area contributed by atoms with E-state index in [1.807, 2.05) is 4.90 Å². The summed E-state index contributed by atoms with van der Waals surface area (Å²) in [6.07, 6.45) is 2.08. The second-order valence-corrected chi connectivity index (χ2v) is 4.55. The highest BCUT2D eigenvalue weighted by Gasteiger charge is 2.26. The van der Waals surface area contributed by atoms with Crippen molar-refractivity contribution in [3.05, 3.63) is 0 Å². The maximum Gasteiger partial charge on any atom is 0.242 e. The molecule has 2 amide bonds. The molecule has 0 radical (unpaired) electrons. The smallest absolute Gasteiger partial charge is 0.242 e. The third-order valence-electron chi connectivity index (χ3n) is 3.08. The Hall–Kier alpha value is -1.10. The van der Waals surface area contributed by atoms with Gasteiger partial charge in [0, 0.05) is 12.6 Å². The number of nitrogens with zero attached hydrogens (tertiary/aromatic N) is 1. The monoisotopic (exact) mass is 227 g/mol. The number of amides is 2. The first-order valence-electron chi connectivity index (χ1n) is 5.80. The minimum Gasteiger partial charge on any atom is -0.346 e. The fourth-order valence-corrected chi connectivity index (χ4v) is 2.13. The lowest BCUT2D eigenvalue weighted by molar-refractivity contribution is -0.135. The van der Waals surface area contributed by atoms with Crippen molar-refractivity contribution in [2.24, 2.45) is 11.7 Å². The van der Waals surface area contributed by atoms with Crippen molar-refractivity contribution in [3.63, 3.8) is 0 Å². The summed E-state index contributed by atoms with van der Waals surface area (Å²) in [5.41, 5.74) is 5.15. The van der Waals surface area contributed by atoms with E-state index >= 15 is 0 Å². The first-order valence-corrected chi connectivity index (χ1v) is 5.80. The van der Waals surface area contributed by atoms with Gasteiger partial charge in [0.25, 0.3) is 0 Å². The predicted octanol–water partition coefficient (Wildman–Crippen LogP) is -0.292. The quantitative estimate of drug-likeness (QED) is 0.695. The third kappa shape index (κ3) is 3.48. The first-order chi connectivity index (χ1) is 7.54. The molecule has 0 aromatic rings. The summed E-state index contributed by atoms with van der Waals surface area (Å²) in [4.78, 5) is 24.6. The van der Waals surface area contributed by atoms with Gasteiger partial charge < -0.3 is 16.0 Å². The van der Waals surface area contributed by atoms with E-state index < -0.39 is 0 Å². The number of piperidine rings is 1. The Balaban J connectivity index is 2.39. The molecule has 16 heavy (non-hydrogen) atoms. The molecule has 0 spiro atoms. The molecular formula is C11H21N3O2. The first kappa shape index (κ1) is 13.0. The highest BCUT2D eigenvalue weighted by Crippen LogP contribution is 2.21. The molecule has 0 aromatic carbocycles. The average Bonchev–Trinajstić information content (AvgIpc) is 2.25. The van der Waals surface area contributed by atoms with Gasteiger partial charge >= 0.3 is 0 Å². The molecule has 5 nitrogen and oxygen atoms in total. The molecule has 1 rings (SSSR count). The second-order valence-electron chi connectivity index (χ2n) is 4.55. The Labute approximate surface area is 96.4 Å². The van der Waals surface area contributed by atoms with Crippen molar-refractivity contribution in [1.29, 1.82) is 0 Å². The van der Waals surface area contributed by atoms with Crippen molar-refractivity contribution >= 4 is 11.8 Å². The fraction of sp³-hybridized carbons (Fsp3) is 0.818. The molecule has 2 atom stereocenters. The molecule has 0 aromatic heterocycles. The van der Waals surface area contributed by atoms with E-state index in [-0.39, 0.29) is 30.9 Å². The number of nitrogens with two attached hydrogens (primary N) is 1. The van der Waals surface area contributed by atoms with Gasteiger partial charge in [0.1, 0.15) is 0 Å². The van der Waals surface area contributed by atoms with Crippen LogP contribution in [0.4, 0.5) is 0 Å². The van der Waals surface area contributed by atoms with Crippen LogP contribution in [0.2, 0.25) is 0 Å². The number of likely N-dealkylation sites (tertiary alicyclic amines) is 1. The summed E-state index contributed by atoms with van der Waals surface area (Å²) in [6.45, 7) is 5.04. The zero-order valence-corrected chi connectivity index (χ0v) is 10.0. The summed E-state index contributed by atoms with van der Waals surface area (Å²) in [6, 6.07) is 0.269. The van der Waals surface area contributed by atoms with Crippen LogP contribution in [0.5, 0.6) is 0 Å². The van der Waals surface area contributed by atoms with E-state index in [9.17, 15) is 9.59 Å². The second kappa shape index (κ2) is 5.84. The molecular weight excluding hydrogens is 206 g/mol. The molecule has 1 aliphatic heterocycles. The molecule has 92 valence electrons. The highest BCUT2D eigenvalue weighted by atomic mass is 16.2. The topological polar surface area (TPSA) is 75.4 Å². The average molecular weight is 227 g/mol. The molecule has 2 unspecified atom stereocenters. The summed E-state index contributed by atoms with van der Waals surface area (Å²) in [5, 5.41) is 2.51. The van der Waals surface area contributed by atoms with Crippen molar-refractivity contribution < 1.29 is 9.59 Å². The van der Waals surface area contributed by atoms with Crippen molar-refractivity contribution in [2.75, 3.05) is 19.6 Å². The summed E-state index contributed by atoms with van der Waals surface area (Å²) < 4.78 is 0. The minimum atomic E-state index is -0.286. The number of nitrogens with one attached hydrogen (secondary N) is 1. The van der Waals surface area contributed by atoms with Crippen LogP contribution in [0.3, 0.4) is 0 Å². The normalized spacial score (nSPS) is 25.3. The fourth-order valence-electron chi connectivity index (χ4n) is 2.13. The van der Waals surface area contributed by atoms with Crippen LogP contribution in [0.15, 0.2) is 0 Å². The molecule has 0 saturated carbocycles. The standard InChI is InChI=1S/C11H21N3O2/c1-8-3-4-14(9(2)5-8)11(16)7-13-10(15)6-12/h8-9H,3-7,12H2,1-2H3,(H,13,15). The van der Waals surface area contributed by atoms with Crippen LogP contribution in [0, 0.1) is 5.92 Å². The zero-order chi connectivity index (χ0) is 12.1. The summed E-state index contributed by atoms with van der Waals surface area (Å²) >= 11 is 0. The summed E-state index contributed by atoms with van der Waals surface area (Å²) in [7, 11) is 0. The Bertz CT molecular complexity index is 268. The molecule has 1 fully saturated rings. The largest absolute Gasteiger partial charge is 0.346 e. The molecule has 1 aliphatic rings. The van der Waals surface area contributed by atoms with Crippen LogP contribution in [0.1, 0.15) is 26.7 Å². The van der Waals surface area contributed by atoms with Gasteiger partial charge in [-0.1, -0.05) is 6.92 Å². The maximum absolute atomic E-state index is 11.8. The number of rotatable bonds is 3. The lowest BCUT2D eigenvalue weighted by Gasteiger charge is -2.36. The Morgan fingerprint density at radius 2 is 2.12 bits per heavy atom. The Morgan fingerprint density at radius 3 is 2.69 bits per heavy atom. The Kier molecular flexibility index (Phi) is 4.73. The van der Waals surface area contributed by atoms with Gasteiger partial charge in [-0.3, -0.25) is 9.59 Å². The predicted molar refractivity (Wildman–Crippen MR) is 61.6 cm³/mol. The number of hydrogen-bond acceptors (Lipinski definition) is 3. The van der Waals surface area contributed by atoms with Crippen LogP contribution >= 0.6 is 0 Å². The lowest BCUT2D eigenvalue weighted by atomic mass is 9.93. The van der Waals surface area contributed by atoms with Crippen LogP contribution in [0.25, 0.3) is 0 Å². The number of carbonyl (C=O) groups excluding carboxylic acids is 2. The van der Waals surface area contributed by atoms with E-state index in [1.54, 1.807) is 0 Å². The van der Waals surface area contributed by atoms with E-state index in [4.69, 9.17) is 5.73 Å². The third-order valence-corrected chi connectivity index (χ3v) is 3.08. The number of hydrogen-bond donors (Lipinski definition) is 2. The van der Waals surface area contributed by atoms with Crippen molar-refractivity contribution in [3.8, 4) is 0 Å². The maximum atomic E-state index is 11.8. The Morgan fingerprint density at radius 1 is 1.44 bits per heavy atom. The molecule has 1 heterocycles. The molecule has 1 saturated heterocycles. The van der Waals surface area contributed by atoms with E-state index in [2.05, 4.69) is 19.2 Å². The SMILES string of the molecule is CC1CCN(C(=O)CNC(=O)CN)C(C)C1. The van der Waals surface area contributed by atoms with Crippen molar-refractivity contribution in [2.45, 2.75) is 32.7 Å². The molecule has 0 aliphatic carbocycles. The van der Waals surface area contributed by atoms with E-state index in [0.717, 1.165) is 19.4 Å². The zero-order valence-electron chi connectivity index (χ0n) is 10.0. The van der Waals surface area contributed by atoms with Crippen LogP contribution < -0.4 is 11.1 Å². The highest BCUT2D eigenvalue weighted by molar-refractivity contribution is 5.85. The van der Waals surface area contributed by atoms with Crippen LogP contribution in [-0.4, -0.2) is 42.4 Å². The number of carbonyl (C=O) groups is 2. The molecule has 0 bridgehead atoms. The van der Waals surface area contributed by atoms with Crippen LogP contribution in [-0.2, 0) is 9.59 Å². The van der Waals surface area contributed by atoms with Gasteiger partial charge in [0.2, 0.25) is 11.8 Å². The molecule has 3 N–H and O–H groups in total. The summed E-state index contributed by atoms with van der Waals surface area (Å²) in [5.74, 6) is 0.380. The lowest BCUT2D eigenvalue weighted by Crippen LogP contribution is -2.48. The van der Waals surface area contributed by atoms with Gasteiger partial charge in [0.15, 0.2) is 0 Å². The van der Waals surface area contributed by atoms with Gasteiger partial charge in [-0.2, -0.15) is 0 Å². The molecule has 5 heteroatoms. The van der Waals surface area contributed by atoms with Gasteiger partial charge in [-0.05, 0) is 25.7 Å². The van der Waals surface area contributed by atoms with Gasteiger partial charge in [-0.15, -0.1) is 0 Å². The van der Waals surface area contributed by atoms with Gasteiger partial charge in [0.05, 0.1) is 13.1 Å².